The van der Waals surface area contributed by atoms with Gasteiger partial charge in [-0.05, 0) is 30.6 Å². The van der Waals surface area contributed by atoms with E-state index in [0.717, 1.165) is 18.3 Å². The number of hydrogen-bond acceptors (Lipinski definition) is 1. The Bertz CT molecular complexity index is 235. The average molecular weight is 210 g/mol. The van der Waals surface area contributed by atoms with Crippen molar-refractivity contribution in [2.45, 2.75) is 51.9 Å². The minimum Gasteiger partial charge on any atom is -0.481 e. The lowest BCUT2D eigenvalue weighted by atomic mass is 9.62. The van der Waals surface area contributed by atoms with Crippen molar-refractivity contribution in [1.29, 1.82) is 0 Å². The van der Waals surface area contributed by atoms with Crippen LogP contribution in [0.2, 0.25) is 0 Å². The van der Waals surface area contributed by atoms with Gasteiger partial charge in [0.1, 0.15) is 0 Å². The lowest BCUT2D eigenvalue weighted by Crippen LogP contribution is -2.36. The Morgan fingerprint density at radius 1 is 1.13 bits per heavy atom. The second-order valence-corrected chi connectivity index (χ2v) is 5.43. The molecule has 4 unspecified atom stereocenters. The number of fused-ring (bicyclic) bond motifs is 1. The maximum atomic E-state index is 11.1. The second kappa shape index (κ2) is 4.54. The summed E-state index contributed by atoms with van der Waals surface area (Å²) in [7, 11) is 0. The molecule has 0 aliphatic heterocycles. The summed E-state index contributed by atoms with van der Waals surface area (Å²) in [6, 6.07) is 0. The summed E-state index contributed by atoms with van der Waals surface area (Å²) in [5, 5.41) is 9.12. The van der Waals surface area contributed by atoms with E-state index < -0.39 is 5.97 Å². The standard InChI is InChI=1S/C13H22O2/c1-9(13(14)15)11-8-4-6-10-5-2-3-7-12(10)11/h9-12H,2-8H2,1H3,(H,14,15). The predicted octanol–water partition coefficient (Wildman–Crippen LogP) is 3.31. The van der Waals surface area contributed by atoms with Crippen LogP contribution < -0.4 is 0 Å². The van der Waals surface area contributed by atoms with E-state index in [2.05, 4.69) is 0 Å². The third-order valence-corrected chi connectivity index (χ3v) is 4.66. The number of rotatable bonds is 2. The van der Waals surface area contributed by atoms with Crippen molar-refractivity contribution in [2.75, 3.05) is 0 Å². The van der Waals surface area contributed by atoms with Crippen LogP contribution in [-0.2, 0) is 4.79 Å². The van der Waals surface area contributed by atoms with E-state index in [9.17, 15) is 4.79 Å². The number of carbonyl (C=O) groups is 1. The third-order valence-electron chi connectivity index (χ3n) is 4.66. The highest BCUT2D eigenvalue weighted by molar-refractivity contribution is 5.69. The van der Waals surface area contributed by atoms with Gasteiger partial charge in [0, 0.05) is 0 Å². The molecule has 0 bridgehead atoms. The molecule has 2 fully saturated rings. The number of aliphatic carboxylic acids is 1. The molecule has 0 aromatic heterocycles. The van der Waals surface area contributed by atoms with Crippen molar-refractivity contribution < 1.29 is 9.90 Å². The molecule has 2 aliphatic rings. The average Bonchev–Trinajstić information content (AvgIpc) is 2.27. The summed E-state index contributed by atoms with van der Waals surface area (Å²) in [4.78, 5) is 11.1. The molecule has 0 spiro atoms. The van der Waals surface area contributed by atoms with Gasteiger partial charge in [-0.15, -0.1) is 0 Å². The SMILES string of the molecule is CC(C(=O)O)C1CCCC2CCCCC21. The van der Waals surface area contributed by atoms with Gasteiger partial charge in [-0.3, -0.25) is 4.79 Å². The van der Waals surface area contributed by atoms with Crippen molar-refractivity contribution in [3.8, 4) is 0 Å². The number of carboxylic acids is 1. The Hall–Kier alpha value is -0.530. The molecule has 0 saturated heterocycles. The zero-order valence-electron chi connectivity index (χ0n) is 9.61. The van der Waals surface area contributed by atoms with Crippen LogP contribution in [0.4, 0.5) is 0 Å². The molecule has 15 heavy (non-hydrogen) atoms. The molecular formula is C13H22O2. The molecule has 1 N–H and O–H groups in total. The van der Waals surface area contributed by atoms with Crippen LogP contribution in [0.25, 0.3) is 0 Å². The Kier molecular flexibility index (Phi) is 3.32. The maximum absolute atomic E-state index is 11.1. The summed E-state index contributed by atoms with van der Waals surface area (Å²) < 4.78 is 0. The van der Waals surface area contributed by atoms with Gasteiger partial charge in [-0.1, -0.05) is 39.0 Å². The lowest BCUT2D eigenvalue weighted by molar-refractivity contribution is -0.145. The summed E-state index contributed by atoms with van der Waals surface area (Å²) >= 11 is 0. The van der Waals surface area contributed by atoms with Crippen LogP contribution >= 0.6 is 0 Å². The predicted molar refractivity (Wildman–Crippen MR) is 59.6 cm³/mol. The van der Waals surface area contributed by atoms with Gasteiger partial charge in [0.05, 0.1) is 5.92 Å². The molecule has 0 amide bonds. The largest absolute Gasteiger partial charge is 0.481 e. The molecule has 4 atom stereocenters. The fourth-order valence-electron chi connectivity index (χ4n) is 3.79. The molecule has 2 heteroatoms. The smallest absolute Gasteiger partial charge is 0.306 e. The van der Waals surface area contributed by atoms with Crippen LogP contribution in [0.1, 0.15) is 51.9 Å². The van der Waals surface area contributed by atoms with Gasteiger partial charge in [0.25, 0.3) is 0 Å². The van der Waals surface area contributed by atoms with Crippen molar-refractivity contribution in [3.05, 3.63) is 0 Å². The molecule has 0 aromatic carbocycles. The molecule has 0 radical (unpaired) electrons. The van der Waals surface area contributed by atoms with Crippen molar-refractivity contribution >= 4 is 5.97 Å². The summed E-state index contributed by atoms with van der Waals surface area (Å²) in [6.45, 7) is 1.91. The quantitative estimate of drug-likeness (QED) is 0.759. The Balaban J connectivity index is 2.06. The Morgan fingerprint density at radius 3 is 2.53 bits per heavy atom. The first-order valence-electron chi connectivity index (χ1n) is 6.43. The van der Waals surface area contributed by atoms with Crippen molar-refractivity contribution in [3.63, 3.8) is 0 Å². The van der Waals surface area contributed by atoms with Gasteiger partial charge in [-0.25, -0.2) is 0 Å². The molecule has 0 aromatic rings. The van der Waals surface area contributed by atoms with E-state index >= 15 is 0 Å². The molecule has 2 rings (SSSR count). The summed E-state index contributed by atoms with van der Waals surface area (Å²) in [5.41, 5.74) is 0. The van der Waals surface area contributed by atoms with Gasteiger partial charge < -0.3 is 5.11 Å². The third kappa shape index (κ3) is 2.19. The highest BCUT2D eigenvalue weighted by Crippen LogP contribution is 2.46. The summed E-state index contributed by atoms with van der Waals surface area (Å²) in [5.74, 6) is 1.31. The molecule has 2 saturated carbocycles. The highest BCUT2D eigenvalue weighted by atomic mass is 16.4. The van der Waals surface area contributed by atoms with Crippen molar-refractivity contribution in [2.24, 2.45) is 23.7 Å². The lowest BCUT2D eigenvalue weighted by Gasteiger charge is -2.43. The van der Waals surface area contributed by atoms with Gasteiger partial charge in [-0.2, -0.15) is 0 Å². The fourth-order valence-corrected chi connectivity index (χ4v) is 3.79. The Morgan fingerprint density at radius 2 is 1.80 bits per heavy atom. The van der Waals surface area contributed by atoms with E-state index in [0.29, 0.717) is 5.92 Å². The van der Waals surface area contributed by atoms with Crippen LogP contribution in [0.15, 0.2) is 0 Å². The van der Waals surface area contributed by atoms with E-state index in [4.69, 9.17) is 5.11 Å². The van der Waals surface area contributed by atoms with E-state index in [1.165, 1.54) is 38.5 Å². The van der Waals surface area contributed by atoms with Crippen LogP contribution in [-0.4, -0.2) is 11.1 Å². The molecular weight excluding hydrogens is 188 g/mol. The van der Waals surface area contributed by atoms with Gasteiger partial charge in [0.2, 0.25) is 0 Å². The van der Waals surface area contributed by atoms with Crippen LogP contribution in [0.3, 0.4) is 0 Å². The second-order valence-electron chi connectivity index (χ2n) is 5.43. The van der Waals surface area contributed by atoms with Gasteiger partial charge >= 0.3 is 5.97 Å². The minimum absolute atomic E-state index is 0.129. The van der Waals surface area contributed by atoms with Crippen molar-refractivity contribution in [1.82, 2.24) is 0 Å². The zero-order valence-corrected chi connectivity index (χ0v) is 9.61. The van der Waals surface area contributed by atoms with Crippen LogP contribution in [0, 0.1) is 23.7 Å². The van der Waals surface area contributed by atoms with E-state index in [1.807, 2.05) is 6.92 Å². The molecule has 86 valence electrons. The number of carboxylic acid groups (broad SMARTS) is 1. The normalized spacial score (nSPS) is 38.1. The first kappa shape index (κ1) is 11.0. The van der Waals surface area contributed by atoms with E-state index in [1.54, 1.807) is 0 Å². The topological polar surface area (TPSA) is 37.3 Å². The maximum Gasteiger partial charge on any atom is 0.306 e. The number of hydrogen-bond donors (Lipinski definition) is 1. The monoisotopic (exact) mass is 210 g/mol. The first-order valence-corrected chi connectivity index (χ1v) is 6.43. The van der Waals surface area contributed by atoms with Crippen LogP contribution in [0.5, 0.6) is 0 Å². The fraction of sp³-hybridized carbons (Fsp3) is 0.923. The van der Waals surface area contributed by atoms with E-state index in [-0.39, 0.29) is 5.92 Å². The molecule has 2 aliphatic carbocycles. The minimum atomic E-state index is -0.591. The highest BCUT2D eigenvalue weighted by Gasteiger charge is 2.39. The first-order chi connectivity index (χ1) is 7.20. The molecule has 0 heterocycles. The Labute approximate surface area is 92.1 Å². The zero-order chi connectivity index (χ0) is 10.8. The molecule has 2 nitrogen and oxygen atoms in total. The van der Waals surface area contributed by atoms with Gasteiger partial charge in [0.15, 0.2) is 0 Å². The summed E-state index contributed by atoms with van der Waals surface area (Å²) in [6.07, 6.45) is 9.09.